The van der Waals surface area contributed by atoms with E-state index < -0.39 is 5.63 Å². The van der Waals surface area contributed by atoms with Gasteiger partial charge >= 0.3 is 5.63 Å². The Morgan fingerprint density at radius 1 is 1.08 bits per heavy atom. The van der Waals surface area contributed by atoms with Crippen molar-refractivity contribution in [2.45, 2.75) is 10.6 Å². The lowest BCUT2D eigenvalue weighted by molar-refractivity contribution is 0.414. The summed E-state index contributed by atoms with van der Waals surface area (Å²) < 4.78 is 10.5. The molecule has 0 amide bonds. The highest BCUT2D eigenvalue weighted by Crippen LogP contribution is 2.32. The smallest absolute Gasteiger partial charge is 0.353 e. The second-order valence-corrected chi connectivity index (χ2v) is 6.10. The van der Waals surface area contributed by atoms with Crippen molar-refractivity contribution in [3.8, 4) is 22.8 Å². The number of ether oxygens (including phenoxy) is 1. The molecule has 1 N–H and O–H groups in total. The van der Waals surface area contributed by atoms with Crippen molar-refractivity contribution in [1.82, 2.24) is 0 Å². The first-order valence-electron chi connectivity index (χ1n) is 7.35. The molecule has 0 spiro atoms. The van der Waals surface area contributed by atoms with Crippen molar-refractivity contribution in [1.29, 1.82) is 0 Å². The van der Waals surface area contributed by atoms with Gasteiger partial charge in [-0.25, -0.2) is 4.79 Å². The SMILES string of the molecule is COc1cccc(-c2cc(O)c(SCc3ccccc3)c(=O)o2)c1. The minimum atomic E-state index is -0.547. The van der Waals surface area contributed by atoms with Crippen molar-refractivity contribution in [3.05, 3.63) is 76.6 Å². The third-order valence-electron chi connectivity index (χ3n) is 3.47. The highest BCUT2D eigenvalue weighted by Gasteiger charge is 2.13. The maximum Gasteiger partial charge on any atom is 0.353 e. The summed E-state index contributed by atoms with van der Waals surface area (Å²) in [6.45, 7) is 0. The molecule has 1 heterocycles. The molecule has 3 aromatic rings. The standard InChI is InChI=1S/C19H16O4S/c1-22-15-9-5-8-14(10-15)17-11-16(20)18(19(21)23-17)24-12-13-6-3-2-4-7-13/h2-11,20H,12H2,1H3. The van der Waals surface area contributed by atoms with Gasteiger partial charge in [0.1, 0.15) is 22.2 Å². The number of thioether (sulfide) groups is 1. The Labute approximate surface area is 143 Å². The summed E-state index contributed by atoms with van der Waals surface area (Å²) in [5.41, 5.74) is 1.19. The van der Waals surface area contributed by atoms with Crippen LogP contribution in [0.2, 0.25) is 0 Å². The number of benzene rings is 2. The van der Waals surface area contributed by atoms with Crippen LogP contribution in [-0.2, 0) is 5.75 Å². The maximum atomic E-state index is 12.2. The van der Waals surface area contributed by atoms with Crippen molar-refractivity contribution >= 4 is 11.8 Å². The van der Waals surface area contributed by atoms with Gasteiger partial charge in [-0.05, 0) is 17.7 Å². The topological polar surface area (TPSA) is 59.7 Å². The fourth-order valence-electron chi connectivity index (χ4n) is 2.25. The molecule has 5 heteroatoms. The summed E-state index contributed by atoms with van der Waals surface area (Å²) in [5, 5.41) is 10.2. The lowest BCUT2D eigenvalue weighted by Gasteiger charge is -2.07. The molecule has 0 saturated carbocycles. The molecule has 3 rings (SSSR count). The van der Waals surface area contributed by atoms with Crippen LogP contribution in [0, 0.1) is 0 Å². The molecule has 2 aromatic carbocycles. The molecule has 0 atom stereocenters. The largest absolute Gasteiger partial charge is 0.506 e. The maximum absolute atomic E-state index is 12.2. The zero-order valence-electron chi connectivity index (χ0n) is 13.1. The number of hydrogen-bond donors (Lipinski definition) is 1. The van der Waals surface area contributed by atoms with Crippen LogP contribution in [0.4, 0.5) is 0 Å². The van der Waals surface area contributed by atoms with Gasteiger partial charge in [0.25, 0.3) is 0 Å². The van der Waals surface area contributed by atoms with Gasteiger partial charge in [0, 0.05) is 17.4 Å². The fourth-order valence-corrected chi connectivity index (χ4v) is 3.12. The number of aromatic hydroxyl groups is 1. The summed E-state index contributed by atoms with van der Waals surface area (Å²) >= 11 is 1.26. The summed E-state index contributed by atoms with van der Waals surface area (Å²) in [4.78, 5) is 12.4. The van der Waals surface area contributed by atoms with E-state index in [1.807, 2.05) is 30.3 Å². The molecule has 0 fully saturated rings. The lowest BCUT2D eigenvalue weighted by Crippen LogP contribution is -2.03. The van der Waals surface area contributed by atoms with E-state index in [0.717, 1.165) is 5.56 Å². The predicted molar refractivity (Wildman–Crippen MR) is 94.6 cm³/mol. The van der Waals surface area contributed by atoms with Gasteiger partial charge in [0.2, 0.25) is 0 Å². The fraction of sp³-hybridized carbons (Fsp3) is 0.105. The Bertz CT molecular complexity index is 887. The van der Waals surface area contributed by atoms with E-state index in [9.17, 15) is 9.90 Å². The van der Waals surface area contributed by atoms with Crippen LogP contribution in [0.3, 0.4) is 0 Å². The van der Waals surface area contributed by atoms with Gasteiger partial charge in [-0.3, -0.25) is 0 Å². The molecule has 0 radical (unpaired) electrons. The first-order chi connectivity index (χ1) is 11.7. The molecule has 0 aliphatic rings. The Balaban J connectivity index is 1.87. The van der Waals surface area contributed by atoms with Crippen molar-refractivity contribution in [2.75, 3.05) is 7.11 Å². The lowest BCUT2D eigenvalue weighted by atomic mass is 10.1. The third kappa shape index (κ3) is 3.63. The Morgan fingerprint density at radius 3 is 2.58 bits per heavy atom. The van der Waals surface area contributed by atoms with Crippen LogP contribution in [0.1, 0.15) is 5.56 Å². The van der Waals surface area contributed by atoms with Crippen LogP contribution in [0.5, 0.6) is 11.5 Å². The van der Waals surface area contributed by atoms with Gasteiger partial charge in [0.15, 0.2) is 0 Å². The van der Waals surface area contributed by atoms with E-state index in [-0.39, 0.29) is 10.6 Å². The molecule has 4 nitrogen and oxygen atoms in total. The average molecular weight is 340 g/mol. The molecular formula is C19H16O4S. The van der Waals surface area contributed by atoms with E-state index in [1.165, 1.54) is 17.8 Å². The Hall–Kier alpha value is -2.66. The summed E-state index contributed by atoms with van der Waals surface area (Å²) in [7, 11) is 1.57. The van der Waals surface area contributed by atoms with Gasteiger partial charge in [-0.1, -0.05) is 42.5 Å². The van der Waals surface area contributed by atoms with Crippen LogP contribution in [-0.4, -0.2) is 12.2 Å². The van der Waals surface area contributed by atoms with Crippen LogP contribution in [0.25, 0.3) is 11.3 Å². The molecule has 24 heavy (non-hydrogen) atoms. The third-order valence-corrected chi connectivity index (χ3v) is 4.61. The molecule has 0 unspecified atom stereocenters. The van der Waals surface area contributed by atoms with E-state index in [0.29, 0.717) is 22.8 Å². The second kappa shape index (κ2) is 7.27. The van der Waals surface area contributed by atoms with Crippen LogP contribution in [0.15, 0.2) is 74.8 Å². The molecule has 0 aliphatic heterocycles. The Morgan fingerprint density at radius 2 is 1.88 bits per heavy atom. The quantitative estimate of drug-likeness (QED) is 0.701. The van der Waals surface area contributed by atoms with Gasteiger partial charge in [0.05, 0.1) is 7.11 Å². The van der Waals surface area contributed by atoms with Crippen molar-refractivity contribution in [3.63, 3.8) is 0 Å². The van der Waals surface area contributed by atoms with Crippen LogP contribution < -0.4 is 10.4 Å². The number of hydrogen-bond acceptors (Lipinski definition) is 5. The van der Waals surface area contributed by atoms with Crippen molar-refractivity contribution in [2.24, 2.45) is 0 Å². The van der Waals surface area contributed by atoms with E-state index in [4.69, 9.17) is 9.15 Å². The minimum Gasteiger partial charge on any atom is -0.506 e. The highest BCUT2D eigenvalue weighted by atomic mass is 32.2. The monoisotopic (exact) mass is 340 g/mol. The second-order valence-electron chi connectivity index (χ2n) is 5.12. The van der Waals surface area contributed by atoms with Crippen LogP contribution >= 0.6 is 11.8 Å². The Kier molecular flexibility index (Phi) is 4.91. The molecule has 1 aromatic heterocycles. The number of rotatable bonds is 5. The molecular weight excluding hydrogens is 324 g/mol. The zero-order valence-corrected chi connectivity index (χ0v) is 13.9. The summed E-state index contributed by atoms with van der Waals surface area (Å²) in [5.74, 6) is 1.46. The first-order valence-corrected chi connectivity index (χ1v) is 8.34. The van der Waals surface area contributed by atoms with Gasteiger partial charge in [-0.2, -0.15) is 0 Å². The predicted octanol–water partition coefficient (Wildman–Crippen LogP) is 4.31. The average Bonchev–Trinajstić information content (AvgIpc) is 2.62. The molecule has 0 bridgehead atoms. The van der Waals surface area contributed by atoms with Gasteiger partial charge in [-0.15, -0.1) is 11.8 Å². The number of methoxy groups -OCH3 is 1. The first kappa shape index (κ1) is 16.2. The summed E-state index contributed by atoms with van der Waals surface area (Å²) in [6, 6.07) is 18.3. The normalized spacial score (nSPS) is 10.5. The molecule has 0 aliphatic carbocycles. The van der Waals surface area contributed by atoms with E-state index in [2.05, 4.69) is 0 Å². The minimum absolute atomic E-state index is 0.0787. The van der Waals surface area contributed by atoms with Gasteiger partial charge < -0.3 is 14.3 Å². The van der Waals surface area contributed by atoms with E-state index in [1.54, 1.807) is 31.4 Å². The zero-order chi connectivity index (χ0) is 16.9. The summed E-state index contributed by atoms with van der Waals surface area (Å²) in [6.07, 6.45) is 0. The van der Waals surface area contributed by atoms with Crippen molar-refractivity contribution < 1.29 is 14.3 Å². The molecule has 122 valence electrons. The van der Waals surface area contributed by atoms with E-state index >= 15 is 0 Å². The highest BCUT2D eigenvalue weighted by molar-refractivity contribution is 7.98. The molecule has 0 saturated heterocycles.